The van der Waals surface area contributed by atoms with Crippen molar-refractivity contribution < 1.29 is 13.2 Å². The van der Waals surface area contributed by atoms with Gasteiger partial charge in [0, 0.05) is 5.69 Å². The standard InChI is InChI=1S/C21H22N2O3S2/c1-2-17-11-6-7-12-18(17)22-21(24)19(15-16-9-4-3-5-10-16)23-28(25,26)20-13-8-14-27-20/h3-14,19,23H,2,15H2,1H3,(H,22,24)/t19-/m0/s1. The second kappa shape index (κ2) is 9.14. The number of carbonyl (C=O) groups is 1. The highest BCUT2D eigenvalue weighted by atomic mass is 32.2. The van der Waals surface area contributed by atoms with Crippen molar-refractivity contribution in [3.8, 4) is 0 Å². The maximum atomic E-state index is 13.0. The molecule has 0 saturated carbocycles. The van der Waals surface area contributed by atoms with Gasteiger partial charge in [-0.05, 0) is 41.5 Å². The Labute approximate surface area is 169 Å². The van der Waals surface area contributed by atoms with Crippen LogP contribution >= 0.6 is 11.3 Å². The van der Waals surface area contributed by atoms with Crippen LogP contribution < -0.4 is 10.0 Å². The predicted octanol–water partition coefficient (Wildman–Crippen LogP) is 3.84. The summed E-state index contributed by atoms with van der Waals surface area (Å²) >= 11 is 1.12. The molecule has 2 N–H and O–H groups in total. The van der Waals surface area contributed by atoms with Gasteiger partial charge in [-0.15, -0.1) is 11.3 Å². The van der Waals surface area contributed by atoms with E-state index >= 15 is 0 Å². The zero-order valence-electron chi connectivity index (χ0n) is 15.5. The number of hydrogen-bond donors (Lipinski definition) is 2. The molecule has 0 unspecified atom stereocenters. The van der Waals surface area contributed by atoms with Crippen LogP contribution in [0.5, 0.6) is 0 Å². The Kier molecular flexibility index (Phi) is 6.61. The number of amides is 1. The third kappa shape index (κ3) is 5.07. The summed E-state index contributed by atoms with van der Waals surface area (Å²) < 4.78 is 28.1. The molecule has 1 aromatic heterocycles. The number of thiophene rings is 1. The molecule has 1 atom stereocenters. The Morgan fingerprint density at radius 2 is 1.71 bits per heavy atom. The van der Waals surface area contributed by atoms with Crippen LogP contribution in [0.3, 0.4) is 0 Å². The topological polar surface area (TPSA) is 75.3 Å². The molecule has 0 fully saturated rings. The first-order chi connectivity index (χ1) is 13.5. The number of sulfonamides is 1. The normalized spacial score (nSPS) is 12.5. The van der Waals surface area contributed by atoms with E-state index in [9.17, 15) is 13.2 Å². The van der Waals surface area contributed by atoms with Crippen LogP contribution in [0.15, 0.2) is 76.3 Å². The van der Waals surface area contributed by atoms with Gasteiger partial charge >= 0.3 is 0 Å². The second-order valence-corrected chi connectivity index (χ2v) is 9.18. The van der Waals surface area contributed by atoms with E-state index in [1.54, 1.807) is 11.4 Å². The van der Waals surface area contributed by atoms with Crippen LogP contribution in [-0.4, -0.2) is 20.4 Å². The molecule has 5 nitrogen and oxygen atoms in total. The van der Waals surface area contributed by atoms with Gasteiger partial charge in [-0.2, -0.15) is 4.72 Å². The number of rotatable bonds is 8. The Bertz CT molecular complexity index is 1020. The molecular weight excluding hydrogens is 392 g/mol. The van der Waals surface area contributed by atoms with Crippen molar-refractivity contribution in [2.45, 2.75) is 30.0 Å². The minimum Gasteiger partial charge on any atom is -0.324 e. The molecule has 3 rings (SSSR count). The average molecular weight is 415 g/mol. The predicted molar refractivity (Wildman–Crippen MR) is 113 cm³/mol. The van der Waals surface area contributed by atoms with E-state index in [4.69, 9.17) is 0 Å². The van der Waals surface area contributed by atoms with Gasteiger partial charge < -0.3 is 5.32 Å². The zero-order chi connectivity index (χ0) is 20.0. The molecule has 0 aliphatic carbocycles. The highest BCUT2D eigenvalue weighted by Crippen LogP contribution is 2.19. The van der Waals surface area contributed by atoms with Gasteiger partial charge in [0.25, 0.3) is 10.0 Å². The molecule has 0 aliphatic rings. The lowest BCUT2D eigenvalue weighted by Crippen LogP contribution is -2.45. The van der Waals surface area contributed by atoms with Crippen LogP contribution in [0, 0.1) is 0 Å². The summed E-state index contributed by atoms with van der Waals surface area (Å²) in [4.78, 5) is 13.0. The summed E-state index contributed by atoms with van der Waals surface area (Å²) in [5.41, 5.74) is 2.57. The molecule has 28 heavy (non-hydrogen) atoms. The molecule has 1 heterocycles. The van der Waals surface area contributed by atoms with Gasteiger partial charge in [-0.1, -0.05) is 61.5 Å². The van der Waals surface area contributed by atoms with Gasteiger partial charge in [0.05, 0.1) is 0 Å². The van der Waals surface area contributed by atoms with E-state index in [0.29, 0.717) is 5.69 Å². The summed E-state index contributed by atoms with van der Waals surface area (Å²) in [6, 6.07) is 19.1. The zero-order valence-corrected chi connectivity index (χ0v) is 17.1. The van der Waals surface area contributed by atoms with E-state index in [1.165, 1.54) is 6.07 Å². The van der Waals surface area contributed by atoms with E-state index in [0.717, 1.165) is 28.9 Å². The third-order valence-electron chi connectivity index (χ3n) is 4.31. The van der Waals surface area contributed by atoms with E-state index in [2.05, 4.69) is 10.0 Å². The van der Waals surface area contributed by atoms with E-state index in [1.807, 2.05) is 61.5 Å². The van der Waals surface area contributed by atoms with Gasteiger partial charge in [-0.25, -0.2) is 8.42 Å². The summed E-state index contributed by atoms with van der Waals surface area (Å²) in [6.07, 6.45) is 1.02. The van der Waals surface area contributed by atoms with E-state index in [-0.39, 0.29) is 16.5 Å². The molecule has 0 spiro atoms. The largest absolute Gasteiger partial charge is 0.324 e. The van der Waals surface area contributed by atoms with Gasteiger partial charge in [0.15, 0.2) is 0 Å². The minimum atomic E-state index is -3.78. The number of hydrogen-bond acceptors (Lipinski definition) is 4. The van der Waals surface area contributed by atoms with Crippen molar-refractivity contribution in [3.05, 3.63) is 83.2 Å². The summed E-state index contributed by atoms with van der Waals surface area (Å²) in [6.45, 7) is 2.01. The van der Waals surface area contributed by atoms with Crippen molar-refractivity contribution in [2.75, 3.05) is 5.32 Å². The van der Waals surface area contributed by atoms with Crippen LogP contribution in [0.4, 0.5) is 5.69 Å². The van der Waals surface area contributed by atoms with Crippen LogP contribution in [-0.2, 0) is 27.7 Å². The number of benzene rings is 2. The fraction of sp³-hybridized carbons (Fsp3) is 0.190. The number of carbonyl (C=O) groups excluding carboxylic acids is 1. The molecule has 0 aliphatic heterocycles. The second-order valence-electron chi connectivity index (χ2n) is 6.30. The van der Waals surface area contributed by atoms with Crippen LogP contribution in [0.2, 0.25) is 0 Å². The van der Waals surface area contributed by atoms with Crippen molar-refractivity contribution in [1.82, 2.24) is 4.72 Å². The molecule has 146 valence electrons. The van der Waals surface area contributed by atoms with Crippen molar-refractivity contribution in [3.63, 3.8) is 0 Å². The van der Waals surface area contributed by atoms with Crippen molar-refractivity contribution >= 4 is 33.0 Å². The first-order valence-electron chi connectivity index (χ1n) is 8.98. The van der Waals surface area contributed by atoms with Gasteiger partial charge in [0.1, 0.15) is 10.3 Å². The van der Waals surface area contributed by atoms with Gasteiger partial charge in [-0.3, -0.25) is 4.79 Å². The van der Waals surface area contributed by atoms with E-state index < -0.39 is 16.1 Å². The number of para-hydroxylation sites is 1. The lowest BCUT2D eigenvalue weighted by Gasteiger charge is -2.19. The maximum Gasteiger partial charge on any atom is 0.250 e. The number of aryl methyl sites for hydroxylation is 1. The smallest absolute Gasteiger partial charge is 0.250 e. The third-order valence-corrected chi connectivity index (χ3v) is 7.18. The molecule has 2 aromatic carbocycles. The van der Waals surface area contributed by atoms with Crippen LogP contribution in [0.1, 0.15) is 18.1 Å². The SMILES string of the molecule is CCc1ccccc1NC(=O)[C@H](Cc1ccccc1)NS(=O)(=O)c1cccs1. The lowest BCUT2D eigenvalue weighted by atomic mass is 10.1. The summed E-state index contributed by atoms with van der Waals surface area (Å²) in [5, 5.41) is 4.58. The van der Waals surface area contributed by atoms with Crippen LogP contribution in [0.25, 0.3) is 0 Å². The first-order valence-corrected chi connectivity index (χ1v) is 11.3. The summed E-state index contributed by atoms with van der Waals surface area (Å²) in [5.74, 6) is -0.384. The Morgan fingerprint density at radius 1 is 1.00 bits per heavy atom. The highest BCUT2D eigenvalue weighted by Gasteiger charge is 2.27. The maximum absolute atomic E-state index is 13.0. The number of nitrogens with one attached hydrogen (secondary N) is 2. The fourth-order valence-corrected chi connectivity index (χ4v) is 5.07. The molecule has 1 amide bonds. The molecule has 0 saturated heterocycles. The summed E-state index contributed by atoms with van der Waals surface area (Å²) in [7, 11) is -3.78. The van der Waals surface area contributed by atoms with Crippen molar-refractivity contribution in [2.24, 2.45) is 0 Å². The first kappa shape index (κ1) is 20.3. The molecule has 3 aromatic rings. The Morgan fingerprint density at radius 3 is 2.39 bits per heavy atom. The number of anilines is 1. The average Bonchev–Trinajstić information content (AvgIpc) is 3.24. The fourth-order valence-electron chi connectivity index (χ4n) is 2.87. The lowest BCUT2D eigenvalue weighted by molar-refractivity contribution is -0.117. The highest BCUT2D eigenvalue weighted by molar-refractivity contribution is 7.91. The molecule has 7 heteroatoms. The molecule has 0 bridgehead atoms. The molecular formula is C21H22N2O3S2. The Hall–Kier alpha value is -2.48. The van der Waals surface area contributed by atoms with Gasteiger partial charge in [0.2, 0.25) is 5.91 Å². The molecule has 0 radical (unpaired) electrons. The monoisotopic (exact) mass is 414 g/mol. The minimum absolute atomic E-state index is 0.187. The Balaban J connectivity index is 1.86. The van der Waals surface area contributed by atoms with Crippen molar-refractivity contribution in [1.29, 1.82) is 0 Å². The quantitative estimate of drug-likeness (QED) is 0.588.